The molecule has 2 aromatic carbocycles. The third-order valence-electron chi connectivity index (χ3n) is 4.29. The first kappa shape index (κ1) is 15.9. The van der Waals surface area contributed by atoms with E-state index in [4.69, 9.17) is 4.42 Å². The van der Waals surface area contributed by atoms with E-state index in [1.54, 1.807) is 6.07 Å². The smallest absolute Gasteiger partial charge is 0.185 e. The molecule has 124 valence electrons. The molecule has 0 saturated heterocycles. The molecule has 2 heterocycles. The van der Waals surface area contributed by atoms with Crippen LogP contribution in [-0.2, 0) is 6.54 Å². The monoisotopic (exact) mass is 393 g/mol. The van der Waals surface area contributed by atoms with Crippen LogP contribution in [-0.4, -0.2) is 12.8 Å². The Kier molecular flexibility index (Phi) is 4.28. The van der Waals surface area contributed by atoms with Crippen molar-refractivity contribution in [3.63, 3.8) is 0 Å². The zero-order valence-corrected chi connectivity index (χ0v) is 15.1. The van der Waals surface area contributed by atoms with Gasteiger partial charge < -0.3 is 9.32 Å². The highest BCUT2D eigenvalue weighted by atomic mass is 79.9. The van der Waals surface area contributed by atoms with Crippen LogP contribution in [0.25, 0.3) is 11.6 Å². The number of hydrogen-bond donors (Lipinski definition) is 0. The Hall–Kier alpha value is -2.59. The van der Waals surface area contributed by atoms with Crippen molar-refractivity contribution in [1.82, 2.24) is 0 Å². The maximum atomic E-state index is 10.8. The van der Waals surface area contributed by atoms with Gasteiger partial charge in [-0.2, -0.15) is 0 Å². The van der Waals surface area contributed by atoms with E-state index in [1.807, 2.05) is 24.3 Å². The third kappa shape index (κ3) is 3.30. The van der Waals surface area contributed by atoms with Gasteiger partial charge in [-0.3, -0.25) is 4.79 Å². The molecule has 0 bridgehead atoms. The van der Waals surface area contributed by atoms with Gasteiger partial charge in [0.15, 0.2) is 12.0 Å². The first-order valence-corrected chi connectivity index (χ1v) is 8.86. The van der Waals surface area contributed by atoms with Crippen molar-refractivity contribution in [3.05, 3.63) is 87.8 Å². The first-order valence-electron chi connectivity index (χ1n) is 8.07. The molecule has 0 atom stereocenters. The zero-order chi connectivity index (χ0) is 17.2. The van der Waals surface area contributed by atoms with Gasteiger partial charge in [-0.1, -0.05) is 46.3 Å². The van der Waals surface area contributed by atoms with Crippen LogP contribution >= 0.6 is 15.9 Å². The second-order valence-electron chi connectivity index (χ2n) is 6.02. The molecule has 0 aliphatic carbocycles. The van der Waals surface area contributed by atoms with E-state index in [1.165, 1.54) is 22.4 Å². The van der Waals surface area contributed by atoms with Crippen LogP contribution in [0.1, 0.15) is 27.4 Å². The van der Waals surface area contributed by atoms with Gasteiger partial charge in [-0.05, 0) is 47.5 Å². The lowest BCUT2D eigenvalue weighted by atomic mass is 10.0. The number of aldehydes is 1. The number of rotatable bonds is 4. The fourth-order valence-electron chi connectivity index (χ4n) is 3.16. The molecule has 0 radical (unpaired) electrons. The lowest BCUT2D eigenvalue weighted by molar-refractivity contribution is 0.109. The van der Waals surface area contributed by atoms with Crippen LogP contribution in [0.2, 0.25) is 0 Å². The summed E-state index contributed by atoms with van der Waals surface area (Å²) in [4.78, 5) is 13.1. The normalized spacial score (nSPS) is 14.8. The number of anilines is 1. The van der Waals surface area contributed by atoms with Crippen molar-refractivity contribution in [2.45, 2.75) is 6.54 Å². The van der Waals surface area contributed by atoms with E-state index in [9.17, 15) is 4.79 Å². The van der Waals surface area contributed by atoms with Crippen LogP contribution in [0.5, 0.6) is 0 Å². The van der Waals surface area contributed by atoms with Crippen molar-refractivity contribution >= 4 is 39.6 Å². The number of nitrogens with zero attached hydrogens (tertiary/aromatic N) is 1. The Morgan fingerprint density at radius 2 is 1.92 bits per heavy atom. The minimum absolute atomic E-state index is 0.366. The van der Waals surface area contributed by atoms with Gasteiger partial charge >= 0.3 is 0 Å². The first-order chi connectivity index (χ1) is 12.2. The van der Waals surface area contributed by atoms with Crippen molar-refractivity contribution < 1.29 is 9.21 Å². The van der Waals surface area contributed by atoms with Crippen molar-refractivity contribution in [2.24, 2.45) is 0 Å². The highest BCUT2D eigenvalue weighted by Crippen LogP contribution is 2.39. The maximum Gasteiger partial charge on any atom is 0.185 e. The lowest BCUT2D eigenvalue weighted by Gasteiger charge is -2.17. The van der Waals surface area contributed by atoms with Crippen LogP contribution < -0.4 is 4.90 Å². The molecule has 0 N–H and O–H groups in total. The SMILES string of the molecule is O=Cc1ccc(CN2C/C(=C\c3ccccc3)c3cc(Br)ccc32)o1. The molecule has 1 aliphatic rings. The molecule has 0 unspecified atom stereocenters. The number of benzene rings is 2. The van der Waals surface area contributed by atoms with E-state index in [0.29, 0.717) is 12.3 Å². The van der Waals surface area contributed by atoms with Crippen LogP contribution in [0.3, 0.4) is 0 Å². The van der Waals surface area contributed by atoms with Gasteiger partial charge in [-0.25, -0.2) is 0 Å². The van der Waals surface area contributed by atoms with Gasteiger partial charge in [-0.15, -0.1) is 0 Å². The zero-order valence-electron chi connectivity index (χ0n) is 13.5. The summed E-state index contributed by atoms with van der Waals surface area (Å²) in [6.45, 7) is 1.44. The molecule has 0 saturated carbocycles. The van der Waals surface area contributed by atoms with Gasteiger partial charge in [0.1, 0.15) is 5.76 Å². The molecule has 25 heavy (non-hydrogen) atoms. The second-order valence-corrected chi connectivity index (χ2v) is 6.94. The van der Waals surface area contributed by atoms with Crippen LogP contribution in [0, 0.1) is 0 Å². The molecular weight excluding hydrogens is 378 g/mol. The molecule has 1 aliphatic heterocycles. The fraction of sp³-hybridized carbons (Fsp3) is 0.0952. The quantitative estimate of drug-likeness (QED) is 0.555. The maximum absolute atomic E-state index is 10.8. The minimum atomic E-state index is 0.366. The molecule has 1 aromatic heterocycles. The number of halogens is 1. The Morgan fingerprint density at radius 1 is 1.08 bits per heavy atom. The molecule has 0 fully saturated rings. The Balaban J connectivity index is 1.69. The molecule has 3 nitrogen and oxygen atoms in total. The molecule has 0 spiro atoms. The Morgan fingerprint density at radius 3 is 2.68 bits per heavy atom. The largest absolute Gasteiger partial charge is 0.456 e. The summed E-state index contributed by atoms with van der Waals surface area (Å²) in [7, 11) is 0. The Bertz CT molecular complexity index is 944. The predicted molar refractivity (Wildman–Crippen MR) is 104 cm³/mol. The number of hydrogen-bond acceptors (Lipinski definition) is 3. The number of carbonyl (C=O) groups excluding carboxylic acids is 1. The second kappa shape index (κ2) is 6.73. The lowest BCUT2D eigenvalue weighted by Crippen LogP contribution is -2.18. The van der Waals surface area contributed by atoms with E-state index >= 15 is 0 Å². The highest BCUT2D eigenvalue weighted by Gasteiger charge is 2.24. The number of carbonyl (C=O) groups is 1. The number of fused-ring (bicyclic) bond motifs is 1. The average molecular weight is 394 g/mol. The molecule has 4 rings (SSSR count). The van der Waals surface area contributed by atoms with Crippen LogP contribution in [0.4, 0.5) is 5.69 Å². The van der Waals surface area contributed by atoms with E-state index < -0.39 is 0 Å². The van der Waals surface area contributed by atoms with Gasteiger partial charge in [0.25, 0.3) is 0 Å². The van der Waals surface area contributed by atoms with E-state index in [0.717, 1.165) is 23.1 Å². The summed E-state index contributed by atoms with van der Waals surface area (Å²) in [5, 5.41) is 0. The van der Waals surface area contributed by atoms with E-state index in [2.05, 4.69) is 57.2 Å². The standard InChI is InChI=1S/C21H16BrNO2/c22-17-6-9-21-20(11-17)16(10-15-4-2-1-3-5-15)12-23(21)13-18-7-8-19(14-24)25-18/h1-11,14H,12-13H2/b16-10+. The molecule has 4 heteroatoms. The Labute approximate surface area is 154 Å². The average Bonchev–Trinajstić information content (AvgIpc) is 3.21. The predicted octanol–water partition coefficient (Wildman–Crippen LogP) is 5.42. The minimum Gasteiger partial charge on any atom is -0.456 e. The van der Waals surface area contributed by atoms with Gasteiger partial charge in [0.2, 0.25) is 0 Å². The van der Waals surface area contributed by atoms with Crippen molar-refractivity contribution in [1.29, 1.82) is 0 Å². The van der Waals surface area contributed by atoms with Crippen molar-refractivity contribution in [2.75, 3.05) is 11.4 Å². The highest BCUT2D eigenvalue weighted by molar-refractivity contribution is 9.10. The fourth-order valence-corrected chi connectivity index (χ4v) is 3.52. The molecular formula is C21H16BrNO2. The summed E-state index contributed by atoms with van der Waals surface area (Å²) in [5.41, 5.74) is 4.85. The van der Waals surface area contributed by atoms with Crippen molar-refractivity contribution in [3.8, 4) is 0 Å². The van der Waals surface area contributed by atoms with Gasteiger partial charge in [0, 0.05) is 22.3 Å². The third-order valence-corrected chi connectivity index (χ3v) is 4.79. The van der Waals surface area contributed by atoms with Gasteiger partial charge in [0.05, 0.1) is 6.54 Å². The topological polar surface area (TPSA) is 33.5 Å². The molecule has 3 aromatic rings. The number of furan rings is 1. The summed E-state index contributed by atoms with van der Waals surface area (Å²) >= 11 is 3.57. The summed E-state index contributed by atoms with van der Waals surface area (Å²) in [6, 6.07) is 20.2. The summed E-state index contributed by atoms with van der Waals surface area (Å²) in [5.74, 6) is 1.15. The summed E-state index contributed by atoms with van der Waals surface area (Å²) < 4.78 is 6.61. The molecule has 0 amide bonds. The summed E-state index contributed by atoms with van der Waals surface area (Å²) in [6.07, 6.45) is 2.96. The van der Waals surface area contributed by atoms with Crippen LogP contribution in [0.15, 0.2) is 69.6 Å². The van der Waals surface area contributed by atoms with E-state index in [-0.39, 0.29) is 0 Å².